The second-order valence-electron chi connectivity index (χ2n) is 6.37. The molecule has 1 rings (SSSR count). The van der Waals surface area contributed by atoms with Crippen LogP contribution in [0.25, 0.3) is 0 Å². The quantitative estimate of drug-likeness (QED) is 0.635. The van der Waals surface area contributed by atoms with Crippen LogP contribution in [-0.2, 0) is 10.0 Å². The SMILES string of the molecule is C=CCNS(=O)(=O)c1cccc(C(=O)NC(C)CCCC(C)C)c1. The number of benzene rings is 1. The Bertz CT molecular complexity index is 654. The Labute approximate surface area is 145 Å². The van der Waals surface area contributed by atoms with Crippen LogP contribution in [0.1, 0.15) is 50.4 Å². The molecular formula is C18H28N2O3S. The second kappa shape index (κ2) is 9.59. The minimum Gasteiger partial charge on any atom is -0.350 e. The second-order valence-corrected chi connectivity index (χ2v) is 8.13. The van der Waals surface area contributed by atoms with Gasteiger partial charge in [-0.2, -0.15) is 0 Å². The van der Waals surface area contributed by atoms with E-state index in [4.69, 9.17) is 0 Å². The molecule has 0 fully saturated rings. The summed E-state index contributed by atoms with van der Waals surface area (Å²) >= 11 is 0. The Kier molecular flexibility index (Phi) is 8.15. The molecule has 1 aromatic rings. The molecule has 2 N–H and O–H groups in total. The molecule has 0 aliphatic heterocycles. The smallest absolute Gasteiger partial charge is 0.251 e. The van der Waals surface area contributed by atoms with E-state index in [2.05, 4.69) is 30.5 Å². The number of carbonyl (C=O) groups excluding carboxylic acids is 1. The number of amides is 1. The predicted octanol–water partition coefficient (Wildman–Crippen LogP) is 3.10. The summed E-state index contributed by atoms with van der Waals surface area (Å²) in [6.45, 7) is 9.94. The maximum Gasteiger partial charge on any atom is 0.251 e. The van der Waals surface area contributed by atoms with Crippen molar-refractivity contribution in [2.24, 2.45) is 5.92 Å². The van der Waals surface area contributed by atoms with E-state index < -0.39 is 10.0 Å². The molecule has 6 heteroatoms. The van der Waals surface area contributed by atoms with E-state index >= 15 is 0 Å². The number of sulfonamides is 1. The third-order valence-corrected chi connectivity index (χ3v) is 5.04. The summed E-state index contributed by atoms with van der Waals surface area (Å²) in [7, 11) is -3.63. The van der Waals surface area contributed by atoms with Gasteiger partial charge in [0.15, 0.2) is 0 Å². The molecule has 0 aliphatic carbocycles. The maximum atomic E-state index is 12.3. The van der Waals surface area contributed by atoms with Gasteiger partial charge in [0, 0.05) is 18.2 Å². The van der Waals surface area contributed by atoms with Gasteiger partial charge < -0.3 is 5.32 Å². The summed E-state index contributed by atoms with van der Waals surface area (Å²) in [6.07, 6.45) is 4.55. The highest BCUT2D eigenvalue weighted by molar-refractivity contribution is 7.89. The summed E-state index contributed by atoms with van der Waals surface area (Å²) in [5.74, 6) is 0.394. The minimum absolute atomic E-state index is 0.0513. The van der Waals surface area contributed by atoms with E-state index in [1.54, 1.807) is 12.1 Å². The molecule has 0 aliphatic rings. The molecule has 0 saturated carbocycles. The molecule has 0 heterocycles. The van der Waals surface area contributed by atoms with Crippen molar-refractivity contribution in [1.82, 2.24) is 10.0 Å². The van der Waals surface area contributed by atoms with Gasteiger partial charge in [0.05, 0.1) is 4.90 Å². The molecule has 1 amide bonds. The zero-order valence-electron chi connectivity index (χ0n) is 14.7. The Morgan fingerprint density at radius 3 is 2.58 bits per heavy atom. The van der Waals surface area contributed by atoms with Gasteiger partial charge in [0.25, 0.3) is 5.91 Å². The molecule has 0 aromatic heterocycles. The van der Waals surface area contributed by atoms with Gasteiger partial charge in [0.1, 0.15) is 0 Å². The minimum atomic E-state index is -3.63. The summed E-state index contributed by atoms with van der Waals surface area (Å²) in [5, 5.41) is 2.92. The third kappa shape index (κ3) is 6.84. The molecule has 134 valence electrons. The van der Waals surface area contributed by atoms with Crippen molar-refractivity contribution < 1.29 is 13.2 Å². The van der Waals surface area contributed by atoms with E-state index in [-0.39, 0.29) is 23.4 Å². The van der Waals surface area contributed by atoms with E-state index in [0.717, 1.165) is 19.3 Å². The molecule has 5 nitrogen and oxygen atoms in total. The van der Waals surface area contributed by atoms with E-state index in [1.807, 2.05) is 6.92 Å². The average Bonchev–Trinajstić information content (AvgIpc) is 2.52. The van der Waals surface area contributed by atoms with Crippen molar-refractivity contribution in [3.8, 4) is 0 Å². The first-order valence-corrected chi connectivity index (χ1v) is 9.76. The fourth-order valence-electron chi connectivity index (χ4n) is 2.27. The number of carbonyl (C=O) groups is 1. The van der Waals surface area contributed by atoms with Crippen LogP contribution in [0.3, 0.4) is 0 Å². The van der Waals surface area contributed by atoms with E-state index in [0.29, 0.717) is 11.5 Å². The summed E-state index contributed by atoms with van der Waals surface area (Å²) < 4.78 is 26.6. The molecule has 0 radical (unpaired) electrons. The largest absolute Gasteiger partial charge is 0.350 e. The first-order chi connectivity index (χ1) is 11.3. The van der Waals surface area contributed by atoms with Gasteiger partial charge in [0.2, 0.25) is 10.0 Å². The van der Waals surface area contributed by atoms with Crippen LogP contribution in [0.15, 0.2) is 41.8 Å². The van der Waals surface area contributed by atoms with Crippen molar-refractivity contribution in [2.45, 2.75) is 51.0 Å². The first-order valence-electron chi connectivity index (χ1n) is 8.27. The van der Waals surface area contributed by atoms with E-state index in [1.165, 1.54) is 18.2 Å². The van der Waals surface area contributed by atoms with Gasteiger partial charge in [-0.15, -0.1) is 6.58 Å². The molecule has 1 unspecified atom stereocenters. The van der Waals surface area contributed by atoms with Crippen molar-refractivity contribution in [1.29, 1.82) is 0 Å². The van der Waals surface area contributed by atoms with Gasteiger partial charge in [-0.1, -0.05) is 38.8 Å². The van der Waals surface area contributed by atoms with Crippen molar-refractivity contribution >= 4 is 15.9 Å². The van der Waals surface area contributed by atoms with Gasteiger partial charge in [-0.25, -0.2) is 13.1 Å². The van der Waals surface area contributed by atoms with Crippen LogP contribution >= 0.6 is 0 Å². The number of hydrogen-bond acceptors (Lipinski definition) is 3. The predicted molar refractivity (Wildman–Crippen MR) is 97.4 cm³/mol. The maximum absolute atomic E-state index is 12.3. The van der Waals surface area contributed by atoms with Crippen LogP contribution in [-0.4, -0.2) is 26.9 Å². The zero-order valence-corrected chi connectivity index (χ0v) is 15.5. The monoisotopic (exact) mass is 352 g/mol. The van der Waals surface area contributed by atoms with E-state index in [9.17, 15) is 13.2 Å². The lowest BCUT2D eigenvalue weighted by atomic mass is 10.0. The van der Waals surface area contributed by atoms with Crippen LogP contribution in [0, 0.1) is 5.92 Å². The number of hydrogen-bond donors (Lipinski definition) is 2. The van der Waals surface area contributed by atoms with Crippen molar-refractivity contribution in [3.63, 3.8) is 0 Å². The summed E-state index contributed by atoms with van der Waals surface area (Å²) in [5.41, 5.74) is 0.340. The molecule has 0 bridgehead atoms. The fraction of sp³-hybridized carbons (Fsp3) is 0.500. The Hall–Kier alpha value is -1.66. The number of rotatable bonds is 10. The zero-order chi connectivity index (χ0) is 18.2. The van der Waals surface area contributed by atoms with Crippen LogP contribution in [0.5, 0.6) is 0 Å². The molecular weight excluding hydrogens is 324 g/mol. The third-order valence-electron chi connectivity index (χ3n) is 3.62. The van der Waals surface area contributed by atoms with Gasteiger partial charge in [-0.3, -0.25) is 4.79 Å². The summed E-state index contributed by atoms with van der Waals surface area (Å²) in [6, 6.07) is 6.09. The highest BCUT2D eigenvalue weighted by Gasteiger charge is 2.16. The summed E-state index contributed by atoms with van der Waals surface area (Å²) in [4.78, 5) is 12.4. The standard InChI is InChI=1S/C18H28N2O3S/c1-5-12-19-24(22,23)17-11-7-10-16(13-17)18(21)20-15(4)9-6-8-14(2)3/h5,7,10-11,13-15,19H,1,6,8-9,12H2,2-4H3,(H,20,21). The highest BCUT2D eigenvalue weighted by Crippen LogP contribution is 2.13. The van der Waals surface area contributed by atoms with Crippen LogP contribution in [0.4, 0.5) is 0 Å². The first kappa shape index (κ1) is 20.4. The normalized spacial score (nSPS) is 12.8. The lowest BCUT2D eigenvalue weighted by molar-refractivity contribution is 0.0937. The Morgan fingerprint density at radius 2 is 1.96 bits per heavy atom. The Balaban J connectivity index is 2.71. The van der Waals surface area contributed by atoms with Crippen molar-refractivity contribution in [3.05, 3.63) is 42.5 Å². The van der Waals surface area contributed by atoms with Crippen LogP contribution < -0.4 is 10.0 Å². The molecule has 1 aromatic carbocycles. The lowest BCUT2D eigenvalue weighted by Gasteiger charge is -2.15. The topological polar surface area (TPSA) is 75.3 Å². The fourth-order valence-corrected chi connectivity index (χ4v) is 3.31. The van der Waals surface area contributed by atoms with Gasteiger partial charge in [-0.05, 0) is 37.5 Å². The highest BCUT2D eigenvalue weighted by atomic mass is 32.2. The molecule has 24 heavy (non-hydrogen) atoms. The lowest BCUT2D eigenvalue weighted by Crippen LogP contribution is -2.32. The molecule has 0 spiro atoms. The number of nitrogens with one attached hydrogen (secondary N) is 2. The molecule has 0 saturated heterocycles. The average molecular weight is 353 g/mol. The van der Waals surface area contributed by atoms with Gasteiger partial charge >= 0.3 is 0 Å². The molecule has 1 atom stereocenters. The van der Waals surface area contributed by atoms with Crippen LogP contribution in [0.2, 0.25) is 0 Å². The Morgan fingerprint density at radius 1 is 1.25 bits per heavy atom. The van der Waals surface area contributed by atoms with Crippen molar-refractivity contribution in [2.75, 3.05) is 6.54 Å².